The molecule has 144 valence electrons. The molecule has 2 aromatic carbocycles. The van der Waals surface area contributed by atoms with Crippen molar-refractivity contribution in [3.8, 4) is 22.6 Å². The number of fused-ring (bicyclic) bond motifs is 3. The van der Waals surface area contributed by atoms with Crippen LogP contribution in [0.25, 0.3) is 11.1 Å². The van der Waals surface area contributed by atoms with Gasteiger partial charge in [0.15, 0.2) is 5.78 Å². The smallest absolute Gasteiger partial charge is 0.194 e. The molecule has 0 aromatic heterocycles. The molecule has 0 amide bonds. The van der Waals surface area contributed by atoms with Crippen LogP contribution in [-0.2, 0) is 0 Å². The van der Waals surface area contributed by atoms with E-state index in [-0.39, 0.29) is 5.78 Å². The largest absolute Gasteiger partial charge is 0.493 e. The molecule has 0 heterocycles. The molecule has 0 saturated carbocycles. The highest BCUT2D eigenvalue weighted by atomic mass is 16.5. The van der Waals surface area contributed by atoms with Gasteiger partial charge in [-0.1, -0.05) is 51.5 Å². The van der Waals surface area contributed by atoms with Gasteiger partial charge in [0.25, 0.3) is 0 Å². The zero-order chi connectivity index (χ0) is 19.2. The van der Waals surface area contributed by atoms with Crippen LogP contribution in [-0.4, -0.2) is 43.5 Å². The Balaban J connectivity index is 1.90. The molecule has 0 saturated heterocycles. The molecule has 0 radical (unpaired) electrons. The number of carbonyl (C=O) groups is 1. The van der Waals surface area contributed by atoms with Crippen molar-refractivity contribution in [2.45, 2.75) is 33.6 Å². The van der Waals surface area contributed by atoms with Gasteiger partial charge in [0, 0.05) is 28.8 Å². The number of hydrogen-bond donors (Lipinski definition) is 0. The Labute approximate surface area is 162 Å². The molecule has 1 aliphatic carbocycles. The number of rotatable bonds is 10. The van der Waals surface area contributed by atoms with Crippen LogP contribution >= 0.6 is 0 Å². The van der Waals surface area contributed by atoms with E-state index in [1.54, 1.807) is 0 Å². The quantitative estimate of drug-likeness (QED) is 0.483. The summed E-state index contributed by atoms with van der Waals surface area (Å²) in [5.41, 5.74) is 3.17. The summed E-state index contributed by atoms with van der Waals surface area (Å²) in [5.74, 6) is 1.58. The number of hydrogen-bond acceptors (Lipinski definition) is 4. The average Bonchev–Trinajstić information content (AvgIpc) is 3.00. The third kappa shape index (κ3) is 4.01. The Morgan fingerprint density at radius 1 is 0.815 bits per heavy atom. The van der Waals surface area contributed by atoms with E-state index in [0.29, 0.717) is 24.3 Å². The number of carbonyl (C=O) groups excluding carboxylic acids is 1. The van der Waals surface area contributed by atoms with Crippen molar-refractivity contribution in [1.82, 2.24) is 4.90 Å². The zero-order valence-electron chi connectivity index (χ0n) is 16.6. The van der Waals surface area contributed by atoms with Gasteiger partial charge in [-0.15, -0.1) is 0 Å². The van der Waals surface area contributed by atoms with Crippen LogP contribution in [0.5, 0.6) is 11.5 Å². The number of nitrogens with zero attached hydrogens (tertiary/aromatic N) is 1. The highest BCUT2D eigenvalue weighted by Gasteiger charge is 2.32. The van der Waals surface area contributed by atoms with Gasteiger partial charge in [-0.3, -0.25) is 4.79 Å². The lowest BCUT2D eigenvalue weighted by Gasteiger charge is -2.19. The van der Waals surface area contributed by atoms with Crippen LogP contribution in [0, 0.1) is 0 Å². The molecule has 0 aliphatic heterocycles. The molecule has 0 N–H and O–H groups in total. The van der Waals surface area contributed by atoms with E-state index in [1.165, 1.54) is 0 Å². The minimum absolute atomic E-state index is 0.0511. The third-order valence-electron chi connectivity index (χ3n) is 5.11. The summed E-state index contributed by atoms with van der Waals surface area (Å²) in [4.78, 5) is 15.2. The van der Waals surface area contributed by atoms with Crippen LogP contribution in [0.2, 0.25) is 0 Å². The lowest BCUT2D eigenvalue weighted by atomic mass is 10.0. The molecule has 3 rings (SSSR count). The predicted molar refractivity (Wildman–Crippen MR) is 109 cm³/mol. The van der Waals surface area contributed by atoms with Crippen molar-refractivity contribution in [3.63, 3.8) is 0 Å². The molecule has 0 unspecified atom stereocenters. The minimum Gasteiger partial charge on any atom is -0.493 e. The Kier molecular flexibility index (Phi) is 6.51. The second-order valence-corrected chi connectivity index (χ2v) is 6.76. The van der Waals surface area contributed by atoms with Gasteiger partial charge >= 0.3 is 0 Å². The number of ether oxygens (including phenoxy) is 2. The van der Waals surface area contributed by atoms with Gasteiger partial charge in [-0.25, -0.2) is 0 Å². The Morgan fingerprint density at radius 2 is 1.37 bits per heavy atom. The van der Waals surface area contributed by atoms with Crippen LogP contribution in [0.1, 0.15) is 49.5 Å². The van der Waals surface area contributed by atoms with Crippen LogP contribution in [0.15, 0.2) is 36.4 Å². The monoisotopic (exact) mass is 367 g/mol. The molecular formula is C23H29NO3. The molecular weight excluding hydrogens is 338 g/mol. The van der Waals surface area contributed by atoms with Gasteiger partial charge in [-0.05, 0) is 31.6 Å². The van der Waals surface area contributed by atoms with E-state index in [1.807, 2.05) is 36.4 Å². The SMILES string of the molecule is CCCCOc1cccc2c1-c1c(OCCN(CC)CC)cccc1C2=O. The number of unbranched alkanes of at least 4 members (excludes halogenated alkanes) is 1. The number of likely N-dealkylation sites (N-methyl/N-ethyl adjacent to an activating group) is 1. The molecule has 4 heteroatoms. The van der Waals surface area contributed by atoms with Crippen LogP contribution in [0.3, 0.4) is 0 Å². The zero-order valence-corrected chi connectivity index (χ0v) is 16.6. The van der Waals surface area contributed by atoms with Gasteiger partial charge in [0.05, 0.1) is 6.61 Å². The summed E-state index contributed by atoms with van der Waals surface area (Å²) in [6.07, 6.45) is 2.07. The molecule has 4 nitrogen and oxygen atoms in total. The first-order valence-corrected chi connectivity index (χ1v) is 10.00. The summed E-state index contributed by atoms with van der Waals surface area (Å²) in [5, 5.41) is 0. The van der Waals surface area contributed by atoms with Gasteiger partial charge in [0.1, 0.15) is 18.1 Å². The summed E-state index contributed by atoms with van der Waals surface area (Å²) in [6, 6.07) is 11.4. The summed E-state index contributed by atoms with van der Waals surface area (Å²) in [6.45, 7) is 10.6. The Hall–Kier alpha value is -2.33. The first-order valence-electron chi connectivity index (χ1n) is 10.00. The molecule has 0 fully saturated rings. The lowest BCUT2D eigenvalue weighted by Crippen LogP contribution is -2.28. The van der Waals surface area contributed by atoms with E-state index in [9.17, 15) is 4.79 Å². The highest BCUT2D eigenvalue weighted by molar-refractivity contribution is 6.23. The van der Waals surface area contributed by atoms with E-state index >= 15 is 0 Å². The van der Waals surface area contributed by atoms with Crippen molar-refractivity contribution in [1.29, 1.82) is 0 Å². The van der Waals surface area contributed by atoms with E-state index < -0.39 is 0 Å². The topological polar surface area (TPSA) is 38.8 Å². The lowest BCUT2D eigenvalue weighted by molar-refractivity contribution is 0.104. The average molecular weight is 367 g/mol. The molecule has 1 aliphatic rings. The number of benzene rings is 2. The molecule has 0 bridgehead atoms. The fourth-order valence-electron chi connectivity index (χ4n) is 3.49. The maximum atomic E-state index is 12.9. The molecule has 0 atom stereocenters. The number of ketones is 1. The molecule has 27 heavy (non-hydrogen) atoms. The summed E-state index contributed by atoms with van der Waals surface area (Å²) < 4.78 is 12.1. The van der Waals surface area contributed by atoms with Crippen molar-refractivity contribution in [2.75, 3.05) is 32.8 Å². The first-order chi connectivity index (χ1) is 13.2. The highest BCUT2D eigenvalue weighted by Crippen LogP contribution is 2.47. The minimum atomic E-state index is 0.0511. The van der Waals surface area contributed by atoms with Crippen molar-refractivity contribution < 1.29 is 14.3 Å². The fraction of sp³-hybridized carbons (Fsp3) is 0.435. The van der Waals surface area contributed by atoms with E-state index in [0.717, 1.165) is 55.1 Å². The normalized spacial score (nSPS) is 12.2. The Bertz CT molecular complexity index is 796. The van der Waals surface area contributed by atoms with Gasteiger partial charge in [0.2, 0.25) is 0 Å². The van der Waals surface area contributed by atoms with Crippen molar-refractivity contribution >= 4 is 5.78 Å². The van der Waals surface area contributed by atoms with Crippen LogP contribution in [0.4, 0.5) is 0 Å². The summed E-state index contributed by atoms with van der Waals surface area (Å²) >= 11 is 0. The van der Waals surface area contributed by atoms with Crippen molar-refractivity contribution in [2.24, 2.45) is 0 Å². The predicted octanol–water partition coefficient (Wildman–Crippen LogP) is 4.80. The fourth-order valence-corrected chi connectivity index (χ4v) is 3.49. The maximum absolute atomic E-state index is 12.9. The Morgan fingerprint density at radius 3 is 1.89 bits per heavy atom. The van der Waals surface area contributed by atoms with Crippen molar-refractivity contribution in [3.05, 3.63) is 47.5 Å². The van der Waals surface area contributed by atoms with Crippen LogP contribution < -0.4 is 9.47 Å². The summed E-state index contributed by atoms with van der Waals surface area (Å²) in [7, 11) is 0. The second kappa shape index (κ2) is 9.05. The first kappa shape index (κ1) is 19.4. The molecule has 2 aromatic rings. The molecule has 0 spiro atoms. The van der Waals surface area contributed by atoms with E-state index in [4.69, 9.17) is 9.47 Å². The maximum Gasteiger partial charge on any atom is 0.194 e. The van der Waals surface area contributed by atoms with Gasteiger partial charge < -0.3 is 14.4 Å². The van der Waals surface area contributed by atoms with Gasteiger partial charge in [-0.2, -0.15) is 0 Å². The third-order valence-corrected chi connectivity index (χ3v) is 5.11. The second-order valence-electron chi connectivity index (χ2n) is 6.76. The standard InChI is InChI=1S/C23H29NO3/c1-4-7-15-26-19-12-8-10-17-21(19)22-18(23(17)25)11-9-13-20(22)27-16-14-24(5-2)6-3/h8-13H,4-7,14-16H2,1-3H3. The van der Waals surface area contributed by atoms with E-state index in [2.05, 4.69) is 25.7 Å².